The number of nitrogens with zero attached hydrogens (tertiary/aromatic N) is 4. The maximum Gasteiger partial charge on any atom is 0.330 e. The number of fused-ring (bicyclic) bond motifs is 1. The van der Waals surface area contributed by atoms with Gasteiger partial charge in [-0.3, -0.25) is 24.0 Å². The molecule has 85 heavy (non-hydrogen) atoms. The molecule has 7 rings (SSSR count). The minimum absolute atomic E-state index is 0.0304. The van der Waals surface area contributed by atoms with Crippen LogP contribution in [0.3, 0.4) is 0 Å². The van der Waals surface area contributed by atoms with Gasteiger partial charge in [0, 0.05) is 37.0 Å². The maximum absolute atomic E-state index is 13.8. The number of rotatable bonds is 29. The fourth-order valence-corrected chi connectivity index (χ4v) is 10.1. The second-order valence-electron chi connectivity index (χ2n) is 19.8. The van der Waals surface area contributed by atoms with Gasteiger partial charge in [-0.15, -0.1) is 10.2 Å². The summed E-state index contributed by atoms with van der Waals surface area (Å²) in [7, 11) is 0. The van der Waals surface area contributed by atoms with E-state index in [9.17, 15) is 43.6 Å². The molecule has 442 valence electrons. The normalized spacial score (nSPS) is 17.1. The molecule has 1 heterocycles. The first-order valence-electron chi connectivity index (χ1n) is 27.3. The molecule has 0 bridgehead atoms. The third kappa shape index (κ3) is 19.2. The van der Waals surface area contributed by atoms with Gasteiger partial charge in [-0.2, -0.15) is 5.26 Å². The van der Waals surface area contributed by atoms with Crippen LogP contribution >= 0.6 is 11.3 Å². The standard InChI is InChI=1S/C63H62N4O17S/c1-5-47(68)33-40(36-79-54(69)6-2)35-77-48-22-26-50(27-23-48)82-61(74)44-15-17-45(18-16-44)62(75)84-53-30-19-41(58-57(53)65-63(85-58)67-66-46-20-9-39(34-64)10-21-46)31-32-76-59(72)42-11-13-43(14-12-42)60(73)83-51-28-24-49(25-29-51)78-37-52(81-56(71)8-4)38-80-55(70)7-3/h5-10,19-30,40,42-45,52H,1-4,11-18,31-33,35-38H2. The molecule has 2 fully saturated rings. The number of azo groups is 1. The van der Waals surface area contributed by atoms with Crippen molar-refractivity contribution in [2.75, 3.05) is 33.0 Å². The van der Waals surface area contributed by atoms with Crippen LogP contribution in [0.1, 0.15) is 68.9 Å². The zero-order valence-corrected chi connectivity index (χ0v) is 47.2. The predicted octanol–water partition coefficient (Wildman–Crippen LogP) is 10.5. The first-order chi connectivity index (χ1) is 41.1. The molecule has 0 saturated heterocycles. The number of carbonyl (C=O) groups is 8. The third-order valence-electron chi connectivity index (χ3n) is 13.8. The van der Waals surface area contributed by atoms with Gasteiger partial charge in [0.2, 0.25) is 5.13 Å². The van der Waals surface area contributed by atoms with Gasteiger partial charge in [-0.05, 0) is 142 Å². The molecule has 5 aromatic rings. The number of esters is 7. The highest BCUT2D eigenvalue weighted by Crippen LogP contribution is 2.39. The summed E-state index contributed by atoms with van der Waals surface area (Å²) in [6, 6.07) is 24.6. The fourth-order valence-electron chi connectivity index (χ4n) is 9.12. The van der Waals surface area contributed by atoms with E-state index in [2.05, 4.69) is 42.6 Å². The second-order valence-corrected chi connectivity index (χ2v) is 20.7. The summed E-state index contributed by atoms with van der Waals surface area (Å²) in [6.45, 7) is 13.2. The van der Waals surface area contributed by atoms with Crippen molar-refractivity contribution in [3.8, 4) is 34.8 Å². The van der Waals surface area contributed by atoms with Crippen molar-refractivity contribution in [1.82, 2.24) is 4.98 Å². The average molecular weight is 1180 g/mol. The topological polar surface area (TPSA) is 281 Å². The van der Waals surface area contributed by atoms with Gasteiger partial charge in [-0.25, -0.2) is 19.4 Å². The van der Waals surface area contributed by atoms with Crippen LogP contribution in [0.15, 0.2) is 146 Å². The summed E-state index contributed by atoms with van der Waals surface area (Å²) >= 11 is 1.21. The van der Waals surface area contributed by atoms with E-state index >= 15 is 0 Å². The van der Waals surface area contributed by atoms with Crippen molar-refractivity contribution >= 4 is 79.9 Å². The molecular weight excluding hydrogens is 1120 g/mol. The Bertz CT molecular complexity index is 3320. The molecule has 22 heteroatoms. The average Bonchev–Trinajstić information content (AvgIpc) is 3.40. The lowest BCUT2D eigenvalue weighted by Gasteiger charge is -2.26. The molecule has 1 aromatic heterocycles. The molecule has 2 aliphatic rings. The van der Waals surface area contributed by atoms with Gasteiger partial charge in [0.25, 0.3) is 0 Å². The molecule has 0 spiro atoms. The highest BCUT2D eigenvalue weighted by atomic mass is 32.1. The molecule has 0 aliphatic heterocycles. The van der Waals surface area contributed by atoms with Crippen molar-refractivity contribution in [2.24, 2.45) is 39.8 Å². The molecule has 4 aromatic carbocycles. The van der Waals surface area contributed by atoms with Crippen LogP contribution in [-0.4, -0.2) is 91.7 Å². The van der Waals surface area contributed by atoms with Crippen molar-refractivity contribution in [3.05, 3.63) is 147 Å². The summed E-state index contributed by atoms with van der Waals surface area (Å²) in [5.41, 5.74) is 2.06. The van der Waals surface area contributed by atoms with Gasteiger partial charge in [0.1, 0.15) is 41.7 Å². The summed E-state index contributed by atoms with van der Waals surface area (Å²) in [4.78, 5) is 105. The fraction of sp³-hybridized carbons (Fsp3) is 0.333. The molecule has 0 N–H and O–H groups in total. The van der Waals surface area contributed by atoms with Crippen LogP contribution in [0, 0.1) is 40.9 Å². The number of hydrogen-bond donors (Lipinski definition) is 0. The largest absolute Gasteiger partial charge is 0.493 e. The molecule has 21 nitrogen and oxygen atoms in total. The van der Waals surface area contributed by atoms with Crippen LogP contribution < -0.4 is 23.7 Å². The summed E-state index contributed by atoms with van der Waals surface area (Å²) < 4.78 is 50.6. The second kappa shape index (κ2) is 31.7. The Labute approximate surface area is 493 Å². The zero-order chi connectivity index (χ0) is 60.7. The quantitative estimate of drug-likeness (QED) is 0.0141. The van der Waals surface area contributed by atoms with Gasteiger partial charge >= 0.3 is 41.8 Å². The number of thiazole rings is 1. The number of aromatic nitrogens is 1. The summed E-state index contributed by atoms with van der Waals surface area (Å²) in [5.74, 6) is -4.67. The Kier molecular flexibility index (Phi) is 23.5. The summed E-state index contributed by atoms with van der Waals surface area (Å²) in [5, 5.41) is 18.1. The maximum atomic E-state index is 13.8. The molecule has 2 aliphatic carbocycles. The molecule has 2 atom stereocenters. The zero-order valence-electron chi connectivity index (χ0n) is 46.4. The van der Waals surface area contributed by atoms with Crippen LogP contribution in [0.2, 0.25) is 0 Å². The Morgan fingerprint density at radius 2 is 1.07 bits per heavy atom. The number of ether oxygens (including phenoxy) is 9. The van der Waals surface area contributed by atoms with Crippen molar-refractivity contribution in [3.63, 3.8) is 0 Å². The lowest BCUT2D eigenvalue weighted by Crippen LogP contribution is -2.30. The molecule has 2 unspecified atom stereocenters. The molecule has 2 saturated carbocycles. The highest BCUT2D eigenvalue weighted by Gasteiger charge is 2.34. The van der Waals surface area contributed by atoms with Gasteiger partial charge in [0.05, 0.1) is 65.5 Å². The minimum Gasteiger partial charge on any atom is -0.493 e. The smallest absolute Gasteiger partial charge is 0.330 e. The summed E-state index contributed by atoms with van der Waals surface area (Å²) in [6.07, 6.45) is 6.78. The molecule has 0 amide bonds. The van der Waals surface area contributed by atoms with E-state index in [1.807, 2.05) is 0 Å². The Balaban J connectivity index is 0.890. The molecule has 0 radical (unpaired) electrons. The lowest BCUT2D eigenvalue weighted by atomic mass is 9.82. The van der Waals surface area contributed by atoms with E-state index in [0.29, 0.717) is 96.5 Å². The number of benzene rings is 4. The Morgan fingerprint density at radius 3 is 1.60 bits per heavy atom. The number of allylic oxidation sites excluding steroid dienone is 1. The van der Waals surface area contributed by atoms with Crippen molar-refractivity contribution in [1.29, 1.82) is 5.26 Å². The van der Waals surface area contributed by atoms with Crippen molar-refractivity contribution < 1.29 is 81.0 Å². The number of ketones is 1. The number of carbonyl (C=O) groups excluding carboxylic acids is 8. The predicted molar refractivity (Wildman–Crippen MR) is 307 cm³/mol. The Morgan fingerprint density at radius 1 is 0.565 bits per heavy atom. The van der Waals surface area contributed by atoms with Crippen molar-refractivity contribution in [2.45, 2.75) is 70.3 Å². The minimum atomic E-state index is -0.924. The van der Waals surface area contributed by atoms with Crippen LogP contribution in [0.5, 0.6) is 28.7 Å². The Hall–Kier alpha value is -9.62. The first kappa shape index (κ1) is 63.0. The SMILES string of the molecule is C=CC(=O)CC(COC(=O)C=C)COc1ccc(OC(=O)C2CCC(C(=O)Oc3ccc(CCOC(=O)C4CCC(C(=O)Oc5ccc(OCC(COC(=O)C=C)OC(=O)C=C)cc5)CC4)c4sc(N=Nc5ccc(C#N)cc5)nc34)CC2)cc1. The van der Waals surface area contributed by atoms with Gasteiger partial charge in [-0.1, -0.05) is 43.7 Å². The molecular formula is C63H62N4O17S. The van der Waals surface area contributed by atoms with E-state index in [1.54, 1.807) is 84.9 Å². The van der Waals surface area contributed by atoms with E-state index < -0.39 is 71.5 Å². The van der Waals surface area contributed by atoms with E-state index in [-0.39, 0.29) is 67.8 Å². The van der Waals surface area contributed by atoms with E-state index in [1.165, 1.54) is 17.4 Å². The first-order valence-corrected chi connectivity index (χ1v) is 28.1. The third-order valence-corrected chi connectivity index (χ3v) is 14.8. The number of nitriles is 1. The van der Waals surface area contributed by atoms with Crippen LogP contribution in [0.25, 0.3) is 10.2 Å². The van der Waals surface area contributed by atoms with Crippen LogP contribution in [-0.2, 0) is 63.7 Å². The van der Waals surface area contributed by atoms with Gasteiger partial charge < -0.3 is 42.6 Å². The lowest BCUT2D eigenvalue weighted by molar-refractivity contribution is -0.154. The van der Waals surface area contributed by atoms with E-state index in [0.717, 1.165) is 23.8 Å². The number of hydrogen-bond acceptors (Lipinski definition) is 22. The monoisotopic (exact) mass is 1180 g/mol. The van der Waals surface area contributed by atoms with Crippen LogP contribution in [0.4, 0.5) is 10.8 Å². The van der Waals surface area contributed by atoms with Gasteiger partial charge in [0.15, 0.2) is 17.6 Å². The van der Waals surface area contributed by atoms with E-state index in [4.69, 9.17) is 47.6 Å². The highest BCUT2D eigenvalue weighted by molar-refractivity contribution is 7.22.